The Kier molecular flexibility index (Phi) is 6.60. The van der Waals surface area contributed by atoms with Crippen LogP contribution in [0.25, 0.3) is 0 Å². The second-order valence-corrected chi connectivity index (χ2v) is 5.67. The predicted molar refractivity (Wildman–Crippen MR) is 96.6 cm³/mol. The fourth-order valence-corrected chi connectivity index (χ4v) is 2.88. The number of rotatable bonds is 5. The second-order valence-electron chi connectivity index (χ2n) is 5.67. The van der Waals surface area contributed by atoms with Crippen molar-refractivity contribution in [2.24, 2.45) is 5.92 Å². The van der Waals surface area contributed by atoms with Gasteiger partial charge in [0, 0.05) is 29.6 Å². The summed E-state index contributed by atoms with van der Waals surface area (Å²) < 4.78 is 0. The molecule has 1 aliphatic heterocycles. The molecule has 2 aromatic carbocycles. The number of carbonyl (C=O) groups excluding carboxylic acids is 2. The van der Waals surface area contributed by atoms with Gasteiger partial charge in [0.2, 0.25) is 0 Å². The number of benzene rings is 2. The van der Waals surface area contributed by atoms with Crippen molar-refractivity contribution in [1.82, 2.24) is 0 Å². The first-order chi connectivity index (χ1) is 11.2. The van der Waals surface area contributed by atoms with Gasteiger partial charge in [-0.25, -0.2) is 10.0 Å². The number of anilines is 2. The Morgan fingerprint density at radius 2 is 1.21 bits per heavy atom. The molecule has 3 rings (SSSR count). The van der Waals surface area contributed by atoms with Crippen LogP contribution in [-0.4, -0.2) is 41.4 Å². The van der Waals surface area contributed by atoms with Crippen molar-refractivity contribution >= 4 is 52.7 Å². The van der Waals surface area contributed by atoms with E-state index >= 15 is 0 Å². The molecule has 24 heavy (non-hydrogen) atoms. The first kappa shape index (κ1) is 18.7. The fourth-order valence-electron chi connectivity index (χ4n) is 2.88. The summed E-state index contributed by atoms with van der Waals surface area (Å²) in [7, 11) is 0. The van der Waals surface area contributed by atoms with Crippen LogP contribution in [0.1, 0.15) is 26.2 Å². The predicted octanol–water partition coefficient (Wildman–Crippen LogP) is 3.41. The molecule has 2 amide bonds. The maximum absolute atomic E-state index is 12.9. The summed E-state index contributed by atoms with van der Waals surface area (Å²) in [5.41, 5.74) is 1.43. The van der Waals surface area contributed by atoms with Gasteiger partial charge < -0.3 is 0 Å². The molecule has 1 radical (unpaired) electrons. The van der Waals surface area contributed by atoms with Crippen LogP contribution in [-0.2, 0) is 9.59 Å². The molecule has 1 heterocycles. The molecular formula is C19H20N2NaO2. The number of amides is 2. The van der Waals surface area contributed by atoms with E-state index in [0.29, 0.717) is 17.8 Å². The number of hydrogen-bond acceptors (Lipinski definition) is 2. The third-order valence-electron chi connectivity index (χ3n) is 4.06. The molecule has 0 atom stereocenters. The summed E-state index contributed by atoms with van der Waals surface area (Å²) in [5.74, 6) is -0.868. The van der Waals surface area contributed by atoms with Gasteiger partial charge in [-0.05, 0) is 30.7 Å². The van der Waals surface area contributed by atoms with Crippen molar-refractivity contribution in [2.45, 2.75) is 26.2 Å². The smallest absolute Gasteiger partial charge is 0.258 e. The number of nitrogens with zero attached hydrogens (tertiary/aromatic N) is 2. The summed E-state index contributed by atoms with van der Waals surface area (Å²) in [4.78, 5) is 25.7. The molecule has 0 bridgehead atoms. The van der Waals surface area contributed by atoms with Crippen LogP contribution in [0, 0.1) is 5.92 Å². The molecule has 1 fully saturated rings. The molecule has 0 saturated carbocycles. The molecule has 119 valence electrons. The SMILES string of the molecule is CCCCC1C(=O)N(c2ccccc2)N(c2ccccc2)C1=O.[Na]. The number of para-hydroxylation sites is 2. The van der Waals surface area contributed by atoms with E-state index in [1.807, 2.05) is 60.7 Å². The Morgan fingerprint density at radius 3 is 1.58 bits per heavy atom. The molecule has 2 aromatic rings. The van der Waals surface area contributed by atoms with Crippen LogP contribution in [0.4, 0.5) is 11.4 Å². The van der Waals surface area contributed by atoms with E-state index in [9.17, 15) is 9.59 Å². The minimum atomic E-state index is -0.588. The van der Waals surface area contributed by atoms with Gasteiger partial charge >= 0.3 is 0 Å². The van der Waals surface area contributed by atoms with Crippen molar-refractivity contribution < 1.29 is 9.59 Å². The van der Waals surface area contributed by atoms with E-state index in [2.05, 4.69) is 6.92 Å². The molecule has 0 aliphatic carbocycles. The molecule has 1 aliphatic rings. The number of unbranched alkanes of at least 4 members (excludes halogenated alkanes) is 1. The summed E-state index contributed by atoms with van der Waals surface area (Å²) in [6.45, 7) is 2.06. The monoisotopic (exact) mass is 331 g/mol. The van der Waals surface area contributed by atoms with Gasteiger partial charge in [-0.3, -0.25) is 9.59 Å². The first-order valence-corrected chi connectivity index (χ1v) is 8.02. The van der Waals surface area contributed by atoms with E-state index < -0.39 is 5.92 Å². The molecule has 5 heteroatoms. The third-order valence-corrected chi connectivity index (χ3v) is 4.06. The van der Waals surface area contributed by atoms with Gasteiger partial charge in [0.15, 0.2) is 0 Å². The van der Waals surface area contributed by atoms with Gasteiger partial charge in [0.1, 0.15) is 5.92 Å². The van der Waals surface area contributed by atoms with Crippen LogP contribution in [0.2, 0.25) is 0 Å². The zero-order chi connectivity index (χ0) is 16.2. The topological polar surface area (TPSA) is 40.6 Å². The Labute approximate surface area is 164 Å². The maximum Gasteiger partial charge on any atom is 0.258 e. The molecular weight excluding hydrogens is 311 g/mol. The second kappa shape index (κ2) is 8.47. The summed E-state index contributed by atoms with van der Waals surface area (Å²) in [6.07, 6.45) is 2.43. The van der Waals surface area contributed by atoms with Crippen LogP contribution in [0.3, 0.4) is 0 Å². The average Bonchev–Trinajstić information content (AvgIpc) is 2.85. The minimum absolute atomic E-state index is 0. The standard InChI is InChI=1S/C19H20N2O2.Na/c1-2-3-14-17-18(22)20(15-10-6-4-7-11-15)21(19(17)23)16-12-8-5-9-13-16;/h4-13,17H,2-3,14H2,1H3;. The number of carbonyl (C=O) groups is 2. The van der Waals surface area contributed by atoms with Gasteiger partial charge in [0.25, 0.3) is 11.8 Å². The van der Waals surface area contributed by atoms with E-state index in [0.717, 1.165) is 12.8 Å². The third kappa shape index (κ3) is 3.56. The Balaban J connectivity index is 0.00000208. The van der Waals surface area contributed by atoms with Crippen molar-refractivity contribution in [1.29, 1.82) is 0 Å². The van der Waals surface area contributed by atoms with Gasteiger partial charge in [-0.2, -0.15) is 0 Å². The van der Waals surface area contributed by atoms with Gasteiger partial charge in [-0.15, -0.1) is 0 Å². The van der Waals surface area contributed by atoms with E-state index in [1.54, 1.807) is 0 Å². The van der Waals surface area contributed by atoms with Crippen molar-refractivity contribution in [3.8, 4) is 0 Å². The number of hydrogen-bond donors (Lipinski definition) is 0. The first-order valence-electron chi connectivity index (χ1n) is 8.02. The zero-order valence-corrected chi connectivity index (χ0v) is 16.2. The van der Waals surface area contributed by atoms with Crippen molar-refractivity contribution in [2.75, 3.05) is 10.0 Å². The summed E-state index contributed by atoms with van der Waals surface area (Å²) in [6, 6.07) is 18.7. The molecule has 0 N–H and O–H groups in total. The summed E-state index contributed by atoms with van der Waals surface area (Å²) >= 11 is 0. The van der Waals surface area contributed by atoms with Crippen molar-refractivity contribution in [3.63, 3.8) is 0 Å². The summed E-state index contributed by atoms with van der Waals surface area (Å²) in [5, 5.41) is 3.02. The minimum Gasteiger partial charge on any atom is -0.272 e. The quantitative estimate of drug-likeness (QED) is 0.622. The Bertz CT molecular complexity index is 634. The van der Waals surface area contributed by atoms with Crippen molar-refractivity contribution in [3.05, 3.63) is 60.7 Å². The van der Waals surface area contributed by atoms with Gasteiger partial charge in [0.05, 0.1) is 11.4 Å². The van der Waals surface area contributed by atoms with Gasteiger partial charge in [-0.1, -0.05) is 56.2 Å². The molecule has 0 unspecified atom stereocenters. The van der Waals surface area contributed by atoms with Crippen LogP contribution in [0.15, 0.2) is 60.7 Å². The van der Waals surface area contributed by atoms with E-state index in [1.165, 1.54) is 10.0 Å². The van der Waals surface area contributed by atoms with Crippen LogP contribution < -0.4 is 10.0 Å². The molecule has 0 spiro atoms. The molecule has 4 nitrogen and oxygen atoms in total. The Morgan fingerprint density at radius 1 is 0.792 bits per heavy atom. The van der Waals surface area contributed by atoms with Crippen LogP contribution in [0.5, 0.6) is 0 Å². The fraction of sp³-hybridized carbons (Fsp3) is 0.263. The largest absolute Gasteiger partial charge is 0.272 e. The molecule has 0 aromatic heterocycles. The Hall–Kier alpha value is -1.62. The average molecular weight is 331 g/mol. The normalized spacial score (nSPS) is 14.9. The van der Waals surface area contributed by atoms with E-state index in [-0.39, 0.29) is 41.4 Å². The zero-order valence-electron chi connectivity index (χ0n) is 14.2. The maximum atomic E-state index is 12.9. The molecule has 1 saturated heterocycles. The number of hydrazine groups is 1. The van der Waals surface area contributed by atoms with Crippen LogP contribution >= 0.6 is 0 Å². The van der Waals surface area contributed by atoms with E-state index in [4.69, 9.17) is 0 Å².